The first-order valence-electron chi connectivity index (χ1n) is 6.24. The molecular formula is C15H7Cl4NO4. The third kappa shape index (κ3) is 3.99. The average Bonchev–Trinajstić information content (AvgIpc) is 2.50. The van der Waals surface area contributed by atoms with Crippen LogP contribution in [0, 0.1) is 10.1 Å². The van der Waals surface area contributed by atoms with E-state index in [1.165, 1.54) is 24.3 Å². The summed E-state index contributed by atoms with van der Waals surface area (Å²) >= 11 is 23.4. The van der Waals surface area contributed by atoms with Crippen LogP contribution in [0.5, 0.6) is 0 Å². The van der Waals surface area contributed by atoms with Crippen molar-refractivity contribution in [2.75, 3.05) is 0 Å². The van der Waals surface area contributed by atoms with Gasteiger partial charge in [0, 0.05) is 6.07 Å². The van der Waals surface area contributed by atoms with Gasteiger partial charge in [-0.05, 0) is 29.8 Å². The van der Waals surface area contributed by atoms with Gasteiger partial charge in [0.25, 0.3) is 5.69 Å². The molecule has 0 spiro atoms. The number of carboxylic acids is 1. The molecule has 2 rings (SSSR count). The van der Waals surface area contributed by atoms with Crippen molar-refractivity contribution in [1.82, 2.24) is 0 Å². The second-order valence-corrected chi connectivity index (χ2v) is 6.20. The van der Waals surface area contributed by atoms with Crippen LogP contribution >= 0.6 is 46.4 Å². The number of carboxylic acid groups (broad SMARTS) is 1. The fraction of sp³-hybridized carbons (Fsp3) is 0. The predicted octanol–water partition coefficient (Wildman–Crippen LogP) is 5.83. The Morgan fingerprint density at radius 1 is 1.00 bits per heavy atom. The van der Waals surface area contributed by atoms with Crippen LogP contribution in [0.2, 0.25) is 20.1 Å². The van der Waals surface area contributed by atoms with Gasteiger partial charge in [0.1, 0.15) is 0 Å². The van der Waals surface area contributed by atoms with E-state index in [9.17, 15) is 20.0 Å². The zero-order valence-corrected chi connectivity index (χ0v) is 14.6. The summed E-state index contributed by atoms with van der Waals surface area (Å²) < 4.78 is 0. The summed E-state index contributed by atoms with van der Waals surface area (Å²) in [5.41, 5.74) is -0.353. The third-order valence-corrected chi connectivity index (χ3v) is 4.49. The molecule has 5 nitrogen and oxygen atoms in total. The molecular weight excluding hydrogens is 400 g/mol. The van der Waals surface area contributed by atoms with Crippen LogP contribution in [-0.4, -0.2) is 16.0 Å². The fourth-order valence-corrected chi connectivity index (χ4v) is 2.54. The van der Waals surface area contributed by atoms with Crippen molar-refractivity contribution in [2.24, 2.45) is 0 Å². The predicted molar refractivity (Wildman–Crippen MR) is 95.1 cm³/mol. The van der Waals surface area contributed by atoms with Gasteiger partial charge >= 0.3 is 5.97 Å². The van der Waals surface area contributed by atoms with Gasteiger partial charge in [-0.25, -0.2) is 4.79 Å². The third-order valence-electron chi connectivity index (χ3n) is 3.03. The van der Waals surface area contributed by atoms with Crippen molar-refractivity contribution in [3.63, 3.8) is 0 Å². The van der Waals surface area contributed by atoms with E-state index >= 15 is 0 Å². The standard InChI is InChI=1S/C15H7Cl4NO4/c16-10-2-1-7(4-11(10)17)9(15(21)22)3-8-5-12(18)13(19)6-14(8)20(23)24/h1-6H,(H,21,22)/b9-3+. The molecule has 0 unspecified atom stereocenters. The van der Waals surface area contributed by atoms with Crippen LogP contribution in [-0.2, 0) is 4.79 Å². The Labute approximate surface area is 156 Å². The summed E-state index contributed by atoms with van der Waals surface area (Å²) in [6, 6.07) is 6.51. The second-order valence-electron chi connectivity index (χ2n) is 4.57. The normalized spacial score (nSPS) is 11.4. The SMILES string of the molecule is O=C(O)/C(=C/c1cc(Cl)c(Cl)cc1[N+](=O)[O-])c1ccc(Cl)c(Cl)c1. The highest BCUT2D eigenvalue weighted by Crippen LogP contribution is 2.34. The van der Waals surface area contributed by atoms with E-state index in [0.29, 0.717) is 0 Å². The highest BCUT2D eigenvalue weighted by Gasteiger charge is 2.19. The van der Waals surface area contributed by atoms with Gasteiger partial charge in [-0.15, -0.1) is 0 Å². The molecule has 0 aromatic heterocycles. The Morgan fingerprint density at radius 3 is 2.12 bits per heavy atom. The number of aliphatic carboxylic acids is 1. The van der Waals surface area contributed by atoms with Crippen molar-refractivity contribution >= 4 is 69.7 Å². The average molecular weight is 407 g/mol. The number of nitro groups is 1. The summed E-state index contributed by atoms with van der Waals surface area (Å²) in [6.45, 7) is 0. The minimum Gasteiger partial charge on any atom is -0.478 e. The summed E-state index contributed by atoms with van der Waals surface area (Å²) in [5.74, 6) is -1.30. The molecule has 124 valence electrons. The van der Waals surface area contributed by atoms with Gasteiger partial charge in [-0.3, -0.25) is 10.1 Å². The number of nitrogens with zero attached hydrogens (tertiary/aromatic N) is 1. The van der Waals surface area contributed by atoms with Gasteiger partial charge < -0.3 is 5.11 Å². The van der Waals surface area contributed by atoms with Crippen LogP contribution in [0.4, 0.5) is 5.69 Å². The van der Waals surface area contributed by atoms with E-state index in [0.717, 1.165) is 12.1 Å². The lowest BCUT2D eigenvalue weighted by atomic mass is 10.0. The van der Waals surface area contributed by atoms with Gasteiger partial charge in [0.15, 0.2) is 0 Å². The molecule has 9 heteroatoms. The van der Waals surface area contributed by atoms with Crippen molar-refractivity contribution < 1.29 is 14.8 Å². The smallest absolute Gasteiger partial charge is 0.336 e. The highest BCUT2D eigenvalue weighted by atomic mass is 35.5. The van der Waals surface area contributed by atoms with E-state index in [4.69, 9.17) is 46.4 Å². The van der Waals surface area contributed by atoms with Crippen LogP contribution in [0.25, 0.3) is 11.6 Å². The van der Waals surface area contributed by atoms with E-state index < -0.39 is 10.9 Å². The molecule has 0 amide bonds. The first kappa shape index (κ1) is 18.5. The summed E-state index contributed by atoms with van der Waals surface area (Å²) in [7, 11) is 0. The first-order valence-corrected chi connectivity index (χ1v) is 7.75. The second kappa shape index (κ2) is 7.40. The maximum absolute atomic E-state index is 11.6. The fourth-order valence-electron chi connectivity index (χ4n) is 1.91. The summed E-state index contributed by atoms with van der Waals surface area (Å²) in [6.07, 6.45) is 1.13. The quantitative estimate of drug-likeness (QED) is 0.299. The Morgan fingerprint density at radius 2 is 1.58 bits per heavy atom. The lowest BCUT2D eigenvalue weighted by Crippen LogP contribution is -2.01. The van der Waals surface area contributed by atoms with Gasteiger partial charge in [0.2, 0.25) is 0 Å². The lowest BCUT2D eigenvalue weighted by Gasteiger charge is -2.06. The molecule has 1 N–H and O–H groups in total. The molecule has 0 aliphatic heterocycles. The van der Waals surface area contributed by atoms with E-state index in [1.807, 2.05) is 0 Å². The largest absolute Gasteiger partial charge is 0.478 e. The van der Waals surface area contributed by atoms with E-state index in [-0.39, 0.29) is 42.5 Å². The maximum Gasteiger partial charge on any atom is 0.336 e. The molecule has 24 heavy (non-hydrogen) atoms. The molecule has 0 saturated carbocycles. The van der Waals surface area contributed by atoms with Crippen LogP contribution in [0.15, 0.2) is 30.3 Å². The molecule has 2 aromatic carbocycles. The van der Waals surface area contributed by atoms with Crippen molar-refractivity contribution in [2.45, 2.75) is 0 Å². The van der Waals surface area contributed by atoms with Crippen molar-refractivity contribution in [3.8, 4) is 0 Å². The zero-order chi connectivity index (χ0) is 18.0. The molecule has 0 saturated heterocycles. The van der Waals surface area contributed by atoms with Gasteiger partial charge in [0.05, 0.1) is 36.2 Å². The number of benzene rings is 2. The monoisotopic (exact) mass is 405 g/mol. The van der Waals surface area contributed by atoms with Gasteiger partial charge in [-0.2, -0.15) is 0 Å². The van der Waals surface area contributed by atoms with E-state index in [2.05, 4.69) is 0 Å². The Hall–Kier alpha value is -1.79. The molecule has 0 heterocycles. The summed E-state index contributed by atoms with van der Waals surface area (Å²) in [5, 5.41) is 21.1. The van der Waals surface area contributed by atoms with Crippen molar-refractivity contribution in [3.05, 3.63) is 71.7 Å². The number of carbonyl (C=O) groups is 1. The van der Waals surface area contributed by atoms with Gasteiger partial charge in [-0.1, -0.05) is 52.5 Å². The number of halogens is 4. The maximum atomic E-state index is 11.6. The molecule has 0 radical (unpaired) electrons. The molecule has 2 aromatic rings. The first-order chi connectivity index (χ1) is 11.2. The lowest BCUT2D eigenvalue weighted by molar-refractivity contribution is -0.385. The molecule has 0 aliphatic rings. The molecule has 0 bridgehead atoms. The molecule has 0 aliphatic carbocycles. The Balaban J connectivity index is 2.68. The molecule has 0 atom stereocenters. The van der Waals surface area contributed by atoms with E-state index in [1.54, 1.807) is 0 Å². The number of hydrogen-bond donors (Lipinski definition) is 1. The number of rotatable bonds is 4. The topological polar surface area (TPSA) is 80.4 Å². The minimum absolute atomic E-state index is 0.00197. The van der Waals surface area contributed by atoms with Crippen LogP contribution in [0.1, 0.15) is 11.1 Å². The Bertz CT molecular complexity index is 880. The van der Waals surface area contributed by atoms with Crippen LogP contribution < -0.4 is 0 Å². The Kier molecular flexibility index (Phi) is 5.72. The van der Waals surface area contributed by atoms with Crippen LogP contribution in [0.3, 0.4) is 0 Å². The minimum atomic E-state index is -1.30. The highest BCUT2D eigenvalue weighted by molar-refractivity contribution is 6.43. The number of nitro benzene ring substituents is 1. The summed E-state index contributed by atoms with van der Waals surface area (Å²) in [4.78, 5) is 22.0. The molecule has 0 fully saturated rings. The van der Waals surface area contributed by atoms with Crippen molar-refractivity contribution in [1.29, 1.82) is 0 Å². The number of hydrogen-bond acceptors (Lipinski definition) is 3. The zero-order valence-electron chi connectivity index (χ0n) is 11.6.